The second kappa shape index (κ2) is 6.02. The van der Waals surface area contributed by atoms with Crippen LogP contribution in [0.5, 0.6) is 0 Å². The van der Waals surface area contributed by atoms with Gasteiger partial charge in [-0.05, 0) is 25.8 Å². The molecule has 3 aromatic heterocycles. The fraction of sp³-hybridized carbons (Fsp3) is 0.238. The molecule has 1 aromatic carbocycles. The number of H-pyrrole nitrogens is 1. The van der Waals surface area contributed by atoms with Crippen molar-refractivity contribution < 1.29 is 9.21 Å². The lowest BCUT2D eigenvalue weighted by molar-refractivity contribution is 0.0965. The van der Waals surface area contributed by atoms with Crippen LogP contribution in [-0.4, -0.2) is 25.4 Å². The molecular weight excluding hydrogens is 356 g/mol. The smallest absolute Gasteiger partial charge is 0.285 e. The Balaban J connectivity index is 1.75. The van der Waals surface area contributed by atoms with E-state index < -0.39 is 0 Å². The average molecular weight is 374 g/mol. The Kier molecular flexibility index (Phi) is 3.58. The Morgan fingerprint density at radius 1 is 1.04 bits per heavy atom. The first-order valence-electron chi connectivity index (χ1n) is 9.25. The van der Waals surface area contributed by atoms with E-state index in [0.717, 1.165) is 23.2 Å². The molecule has 0 bridgehead atoms. The molecule has 0 atom stereocenters. The molecule has 1 aliphatic rings. The zero-order chi connectivity index (χ0) is 19.4. The number of nitrogens with one attached hydrogen (secondary N) is 1. The van der Waals surface area contributed by atoms with Crippen molar-refractivity contribution in [1.29, 1.82) is 0 Å². The molecule has 28 heavy (non-hydrogen) atoms. The molecule has 0 fully saturated rings. The molecule has 0 unspecified atom stereocenters. The van der Waals surface area contributed by atoms with Crippen LogP contribution in [-0.2, 0) is 6.42 Å². The lowest BCUT2D eigenvalue weighted by atomic mass is 10.0. The molecule has 7 nitrogen and oxygen atoms in total. The van der Waals surface area contributed by atoms with E-state index in [0.29, 0.717) is 35.6 Å². The fourth-order valence-corrected chi connectivity index (χ4v) is 3.86. The second-order valence-corrected chi connectivity index (χ2v) is 7.08. The number of nitrogens with zero attached hydrogens (tertiary/aromatic N) is 3. The van der Waals surface area contributed by atoms with Gasteiger partial charge in [-0.15, -0.1) is 0 Å². The van der Waals surface area contributed by atoms with Gasteiger partial charge in [0, 0.05) is 24.1 Å². The standard InChI is InChI=1S/C21H18N4O3/c1-11-17(20-23-18-14(26)9-6-10-15(18)28-20)21(27)25-19(22-11)16(12(2)24-25)13-7-4-3-5-8-13/h3-5,7-8,24H,6,9-10H2,1-2H3. The first-order valence-corrected chi connectivity index (χ1v) is 9.25. The van der Waals surface area contributed by atoms with E-state index in [4.69, 9.17) is 4.42 Å². The normalized spacial score (nSPS) is 13.9. The van der Waals surface area contributed by atoms with E-state index in [9.17, 15) is 9.59 Å². The van der Waals surface area contributed by atoms with Gasteiger partial charge in [0.05, 0.1) is 5.69 Å². The maximum atomic E-state index is 13.2. The summed E-state index contributed by atoms with van der Waals surface area (Å²) in [4.78, 5) is 34.4. The Hall–Kier alpha value is -3.48. The molecule has 0 saturated heterocycles. The number of hydrogen-bond donors (Lipinski definition) is 1. The van der Waals surface area contributed by atoms with E-state index in [1.807, 2.05) is 37.3 Å². The summed E-state index contributed by atoms with van der Waals surface area (Å²) in [6.07, 6.45) is 1.86. The van der Waals surface area contributed by atoms with Crippen LogP contribution in [0.1, 0.15) is 40.5 Å². The largest absolute Gasteiger partial charge is 0.440 e. The predicted octanol–water partition coefficient (Wildman–Crippen LogP) is 3.48. The number of hydrogen-bond acceptors (Lipinski definition) is 5. The van der Waals surface area contributed by atoms with E-state index in [-0.39, 0.29) is 22.8 Å². The topological polar surface area (TPSA) is 93.3 Å². The van der Waals surface area contributed by atoms with Gasteiger partial charge in [-0.3, -0.25) is 14.7 Å². The summed E-state index contributed by atoms with van der Waals surface area (Å²) in [6.45, 7) is 3.67. The number of oxazole rings is 1. The summed E-state index contributed by atoms with van der Waals surface area (Å²) < 4.78 is 7.22. The summed E-state index contributed by atoms with van der Waals surface area (Å²) >= 11 is 0. The van der Waals surface area contributed by atoms with Crippen LogP contribution in [0.2, 0.25) is 0 Å². The molecule has 1 aliphatic carbocycles. The number of aromatic amines is 1. The molecule has 0 spiro atoms. The van der Waals surface area contributed by atoms with Crippen LogP contribution in [0.3, 0.4) is 0 Å². The number of carbonyl (C=O) groups excluding carboxylic acids is 1. The predicted molar refractivity (Wildman–Crippen MR) is 103 cm³/mol. The highest BCUT2D eigenvalue weighted by Gasteiger charge is 2.27. The number of carbonyl (C=O) groups is 1. The summed E-state index contributed by atoms with van der Waals surface area (Å²) in [5.41, 5.74) is 4.12. The van der Waals surface area contributed by atoms with Crippen molar-refractivity contribution in [3.63, 3.8) is 0 Å². The maximum Gasteiger partial charge on any atom is 0.285 e. The van der Waals surface area contributed by atoms with Gasteiger partial charge < -0.3 is 4.42 Å². The Morgan fingerprint density at radius 2 is 1.82 bits per heavy atom. The molecule has 0 radical (unpaired) electrons. The first-order chi connectivity index (χ1) is 13.5. The molecular formula is C21H18N4O3. The van der Waals surface area contributed by atoms with Crippen molar-refractivity contribution in [2.75, 3.05) is 0 Å². The highest BCUT2D eigenvalue weighted by atomic mass is 16.4. The van der Waals surface area contributed by atoms with Crippen LogP contribution in [0, 0.1) is 13.8 Å². The highest BCUT2D eigenvalue weighted by molar-refractivity contribution is 5.96. The SMILES string of the molecule is Cc1nc2c(-c3ccccc3)c(C)[nH]n2c(=O)c1-c1nc2c(o1)CCCC2=O. The monoisotopic (exact) mass is 374 g/mol. The Labute approximate surface area is 160 Å². The average Bonchev–Trinajstić information content (AvgIpc) is 3.24. The Morgan fingerprint density at radius 3 is 2.57 bits per heavy atom. The quantitative estimate of drug-likeness (QED) is 0.580. The highest BCUT2D eigenvalue weighted by Crippen LogP contribution is 2.30. The van der Waals surface area contributed by atoms with Gasteiger partial charge in [-0.2, -0.15) is 0 Å². The minimum Gasteiger partial charge on any atom is -0.440 e. The molecule has 5 rings (SSSR count). The van der Waals surface area contributed by atoms with Crippen molar-refractivity contribution in [2.24, 2.45) is 0 Å². The van der Waals surface area contributed by atoms with Gasteiger partial charge in [0.15, 0.2) is 11.4 Å². The number of rotatable bonds is 2. The number of Topliss-reactive ketones (excluding diaryl/α,β-unsaturated/α-hetero) is 1. The summed E-state index contributed by atoms with van der Waals surface area (Å²) in [5.74, 6) is 0.686. The van der Waals surface area contributed by atoms with E-state index in [1.54, 1.807) is 6.92 Å². The van der Waals surface area contributed by atoms with Gasteiger partial charge in [-0.25, -0.2) is 14.5 Å². The third-order valence-electron chi connectivity index (χ3n) is 5.19. The van der Waals surface area contributed by atoms with Gasteiger partial charge in [-0.1, -0.05) is 30.3 Å². The molecule has 140 valence electrons. The Bertz CT molecular complexity index is 1290. The number of aryl methyl sites for hydroxylation is 3. The maximum absolute atomic E-state index is 13.2. The van der Waals surface area contributed by atoms with Crippen LogP contribution in [0.4, 0.5) is 0 Å². The number of fused-ring (bicyclic) bond motifs is 2. The van der Waals surface area contributed by atoms with Gasteiger partial charge in [0.2, 0.25) is 5.89 Å². The van der Waals surface area contributed by atoms with Crippen LogP contribution < -0.4 is 5.56 Å². The third kappa shape index (κ3) is 2.36. The molecule has 0 amide bonds. The van der Waals surface area contributed by atoms with Crippen molar-refractivity contribution in [1.82, 2.24) is 19.6 Å². The summed E-state index contributed by atoms with van der Waals surface area (Å²) in [5, 5.41) is 3.11. The molecule has 0 aliphatic heterocycles. The third-order valence-corrected chi connectivity index (χ3v) is 5.19. The van der Waals surface area contributed by atoms with Crippen LogP contribution in [0.15, 0.2) is 39.5 Å². The summed E-state index contributed by atoms with van der Waals surface area (Å²) in [7, 11) is 0. The number of benzene rings is 1. The minimum absolute atomic E-state index is 0.0369. The van der Waals surface area contributed by atoms with Crippen LogP contribution in [0.25, 0.3) is 28.2 Å². The van der Waals surface area contributed by atoms with Gasteiger partial charge in [0.1, 0.15) is 17.0 Å². The van der Waals surface area contributed by atoms with E-state index in [1.165, 1.54) is 4.52 Å². The number of aromatic nitrogens is 4. The van der Waals surface area contributed by atoms with Crippen molar-refractivity contribution in [2.45, 2.75) is 33.1 Å². The molecule has 7 heteroatoms. The number of ketones is 1. The lowest BCUT2D eigenvalue weighted by Gasteiger charge is -2.04. The van der Waals surface area contributed by atoms with E-state index >= 15 is 0 Å². The molecule has 3 heterocycles. The lowest BCUT2D eigenvalue weighted by Crippen LogP contribution is -2.19. The summed E-state index contributed by atoms with van der Waals surface area (Å²) in [6, 6.07) is 9.82. The zero-order valence-corrected chi connectivity index (χ0v) is 15.6. The minimum atomic E-state index is -0.293. The fourth-order valence-electron chi connectivity index (χ4n) is 3.86. The van der Waals surface area contributed by atoms with Gasteiger partial charge >= 0.3 is 0 Å². The molecule has 1 N–H and O–H groups in total. The van der Waals surface area contributed by atoms with Gasteiger partial charge in [0.25, 0.3) is 5.56 Å². The first kappa shape index (κ1) is 16.7. The van der Waals surface area contributed by atoms with Crippen molar-refractivity contribution in [3.8, 4) is 22.6 Å². The van der Waals surface area contributed by atoms with E-state index in [2.05, 4.69) is 15.1 Å². The second-order valence-electron chi connectivity index (χ2n) is 7.08. The molecule has 0 saturated carbocycles. The zero-order valence-electron chi connectivity index (χ0n) is 15.6. The van der Waals surface area contributed by atoms with Crippen molar-refractivity contribution >= 4 is 11.4 Å². The van der Waals surface area contributed by atoms with Crippen molar-refractivity contribution in [3.05, 3.63) is 63.5 Å². The molecule has 4 aromatic rings. The van der Waals surface area contributed by atoms with Crippen LogP contribution >= 0.6 is 0 Å².